The molecule has 112 valence electrons. The average Bonchev–Trinajstić information content (AvgIpc) is 3.14. The van der Waals surface area contributed by atoms with Gasteiger partial charge < -0.3 is 10.6 Å². The number of nitrogens with zero attached hydrogens (tertiary/aromatic N) is 2. The number of hydrogen-bond donors (Lipinski definition) is 2. The Hall–Kier alpha value is -1.62. The Bertz CT molecular complexity index is 610. The van der Waals surface area contributed by atoms with Gasteiger partial charge in [-0.1, -0.05) is 6.08 Å². The molecular weight excluding hydrogens is 264 g/mol. The van der Waals surface area contributed by atoms with Crippen LogP contribution in [-0.4, -0.2) is 22.2 Å². The summed E-state index contributed by atoms with van der Waals surface area (Å²) in [5, 5.41) is 11.5. The van der Waals surface area contributed by atoms with E-state index >= 15 is 0 Å². The molecule has 1 aromatic heterocycles. The van der Waals surface area contributed by atoms with E-state index in [-0.39, 0.29) is 11.8 Å². The predicted molar refractivity (Wildman–Crippen MR) is 81.2 cm³/mol. The molecule has 4 rings (SSSR count). The highest BCUT2D eigenvalue weighted by molar-refractivity contribution is 6.07. The number of amides is 1. The first-order valence-corrected chi connectivity index (χ1v) is 8.15. The first-order chi connectivity index (χ1) is 10.3. The molecule has 0 bridgehead atoms. The molecule has 0 aromatic carbocycles. The van der Waals surface area contributed by atoms with Crippen LogP contribution in [-0.2, 0) is 11.3 Å². The maximum absolute atomic E-state index is 12.4. The fourth-order valence-electron chi connectivity index (χ4n) is 3.98. The fourth-order valence-corrected chi connectivity index (χ4v) is 3.98. The van der Waals surface area contributed by atoms with Gasteiger partial charge in [0.2, 0.25) is 0 Å². The van der Waals surface area contributed by atoms with Crippen LogP contribution in [0.15, 0.2) is 11.6 Å². The van der Waals surface area contributed by atoms with Gasteiger partial charge in [-0.2, -0.15) is 5.10 Å². The van der Waals surface area contributed by atoms with E-state index in [2.05, 4.69) is 23.6 Å². The van der Waals surface area contributed by atoms with Crippen molar-refractivity contribution in [3.63, 3.8) is 0 Å². The molecule has 5 nitrogen and oxygen atoms in total. The van der Waals surface area contributed by atoms with Crippen LogP contribution in [0.25, 0.3) is 0 Å². The Labute approximate surface area is 124 Å². The predicted octanol–water partition coefficient (Wildman–Crippen LogP) is 2.47. The van der Waals surface area contributed by atoms with Crippen molar-refractivity contribution >= 4 is 11.7 Å². The molecule has 0 radical (unpaired) electrons. The topological polar surface area (TPSA) is 59.0 Å². The molecule has 3 aliphatic rings. The molecule has 1 saturated heterocycles. The number of rotatable bonds is 2. The van der Waals surface area contributed by atoms with E-state index in [0.717, 1.165) is 50.2 Å². The fraction of sp³-hybridized carbons (Fsp3) is 0.625. The summed E-state index contributed by atoms with van der Waals surface area (Å²) in [6.07, 6.45) is 7.73. The second kappa shape index (κ2) is 4.98. The molecule has 3 heterocycles. The largest absolute Gasteiger partial charge is 0.309 e. The van der Waals surface area contributed by atoms with E-state index in [1.807, 2.05) is 4.68 Å². The maximum Gasteiger partial charge on any atom is 0.253 e. The number of carbonyl (C=O) groups is 1. The molecule has 0 saturated carbocycles. The second-order valence-corrected chi connectivity index (χ2v) is 6.21. The third kappa shape index (κ3) is 1.94. The Morgan fingerprint density at radius 1 is 1.38 bits per heavy atom. The van der Waals surface area contributed by atoms with Crippen LogP contribution < -0.4 is 10.6 Å². The molecule has 2 atom stereocenters. The number of aromatic nitrogens is 2. The van der Waals surface area contributed by atoms with Crippen molar-refractivity contribution in [2.75, 3.05) is 11.9 Å². The molecule has 2 N–H and O–H groups in total. The highest BCUT2D eigenvalue weighted by Crippen LogP contribution is 2.45. The Kier molecular flexibility index (Phi) is 3.10. The van der Waals surface area contributed by atoms with E-state index in [1.54, 1.807) is 0 Å². The van der Waals surface area contributed by atoms with Gasteiger partial charge in [-0.05, 0) is 45.6 Å². The van der Waals surface area contributed by atoms with Gasteiger partial charge in [-0.3, -0.25) is 4.79 Å². The van der Waals surface area contributed by atoms with Crippen molar-refractivity contribution in [3.8, 4) is 0 Å². The average molecular weight is 286 g/mol. The standard InChI is InChI=1S/C16H22N4O/c1-2-20-15-13(14(19-20)12-8-5-9-17-12)10-6-3-4-7-11(10)16(21)18-15/h7,10,12,17H,2-6,8-9H2,1H3,(H,18,21). The highest BCUT2D eigenvalue weighted by atomic mass is 16.1. The van der Waals surface area contributed by atoms with Crippen molar-refractivity contribution in [1.29, 1.82) is 0 Å². The number of hydrogen-bond acceptors (Lipinski definition) is 3. The third-order valence-electron chi connectivity index (χ3n) is 4.99. The van der Waals surface area contributed by atoms with Gasteiger partial charge >= 0.3 is 0 Å². The van der Waals surface area contributed by atoms with Gasteiger partial charge in [0.25, 0.3) is 5.91 Å². The van der Waals surface area contributed by atoms with Gasteiger partial charge in [0, 0.05) is 23.6 Å². The SMILES string of the molecule is CCn1nc(C2CCCN2)c2c1NC(=O)C1=CCCCC12. The number of carbonyl (C=O) groups excluding carboxylic acids is 1. The lowest BCUT2D eigenvalue weighted by Gasteiger charge is -2.30. The zero-order valence-corrected chi connectivity index (χ0v) is 12.5. The van der Waals surface area contributed by atoms with Crippen molar-refractivity contribution < 1.29 is 4.79 Å². The third-order valence-corrected chi connectivity index (χ3v) is 4.99. The minimum absolute atomic E-state index is 0.0766. The summed E-state index contributed by atoms with van der Waals surface area (Å²) in [6, 6.07) is 0.352. The summed E-state index contributed by atoms with van der Waals surface area (Å²) < 4.78 is 1.97. The van der Waals surface area contributed by atoms with Crippen LogP contribution in [0.3, 0.4) is 0 Å². The molecule has 1 amide bonds. The molecule has 1 aliphatic carbocycles. The van der Waals surface area contributed by atoms with Crippen molar-refractivity contribution in [1.82, 2.24) is 15.1 Å². The summed E-state index contributed by atoms with van der Waals surface area (Å²) in [5.74, 6) is 1.27. The molecule has 0 spiro atoms. The molecule has 5 heteroatoms. The quantitative estimate of drug-likeness (QED) is 0.878. The monoisotopic (exact) mass is 286 g/mol. The van der Waals surface area contributed by atoms with Gasteiger partial charge in [-0.25, -0.2) is 4.68 Å². The summed E-state index contributed by atoms with van der Waals surface area (Å²) in [5.41, 5.74) is 3.41. The summed E-state index contributed by atoms with van der Waals surface area (Å²) in [4.78, 5) is 12.4. The molecular formula is C16H22N4O. The minimum atomic E-state index is 0.0766. The lowest BCUT2D eigenvalue weighted by atomic mass is 9.79. The number of fused-ring (bicyclic) bond motifs is 3. The van der Waals surface area contributed by atoms with Crippen molar-refractivity contribution in [3.05, 3.63) is 22.9 Å². The Morgan fingerprint density at radius 3 is 3.05 bits per heavy atom. The van der Waals surface area contributed by atoms with E-state index in [1.165, 1.54) is 17.7 Å². The van der Waals surface area contributed by atoms with Crippen LogP contribution in [0.4, 0.5) is 5.82 Å². The Morgan fingerprint density at radius 2 is 2.29 bits per heavy atom. The minimum Gasteiger partial charge on any atom is -0.309 e. The van der Waals surface area contributed by atoms with Gasteiger partial charge in [0.05, 0.1) is 11.7 Å². The van der Waals surface area contributed by atoms with Crippen molar-refractivity contribution in [2.45, 2.75) is 57.5 Å². The van der Waals surface area contributed by atoms with E-state index in [4.69, 9.17) is 5.10 Å². The lowest BCUT2D eigenvalue weighted by molar-refractivity contribution is -0.113. The summed E-state index contributed by atoms with van der Waals surface area (Å²) in [6.45, 7) is 3.94. The van der Waals surface area contributed by atoms with E-state index in [9.17, 15) is 4.79 Å². The smallest absolute Gasteiger partial charge is 0.253 e. The second-order valence-electron chi connectivity index (χ2n) is 6.21. The normalized spacial score (nSPS) is 27.9. The lowest BCUT2D eigenvalue weighted by Crippen LogP contribution is -2.29. The number of nitrogens with one attached hydrogen (secondary N) is 2. The van der Waals surface area contributed by atoms with Gasteiger partial charge in [0.1, 0.15) is 5.82 Å². The molecule has 2 unspecified atom stereocenters. The molecule has 1 fully saturated rings. The van der Waals surface area contributed by atoms with Crippen LogP contribution in [0.5, 0.6) is 0 Å². The summed E-state index contributed by atoms with van der Waals surface area (Å²) >= 11 is 0. The first-order valence-electron chi connectivity index (χ1n) is 8.15. The van der Waals surface area contributed by atoms with Gasteiger partial charge in [-0.15, -0.1) is 0 Å². The van der Waals surface area contributed by atoms with Crippen LogP contribution in [0, 0.1) is 0 Å². The first kappa shape index (κ1) is 13.1. The van der Waals surface area contributed by atoms with Crippen LogP contribution >= 0.6 is 0 Å². The molecule has 1 aromatic rings. The maximum atomic E-state index is 12.4. The van der Waals surface area contributed by atoms with Crippen LogP contribution in [0.2, 0.25) is 0 Å². The molecule has 21 heavy (non-hydrogen) atoms. The summed E-state index contributed by atoms with van der Waals surface area (Å²) in [7, 11) is 0. The number of anilines is 1. The van der Waals surface area contributed by atoms with E-state index < -0.39 is 0 Å². The van der Waals surface area contributed by atoms with Gasteiger partial charge in [0.15, 0.2) is 0 Å². The zero-order chi connectivity index (χ0) is 14.4. The van der Waals surface area contributed by atoms with E-state index in [0.29, 0.717) is 6.04 Å². The van der Waals surface area contributed by atoms with Crippen LogP contribution in [0.1, 0.15) is 62.2 Å². The zero-order valence-electron chi connectivity index (χ0n) is 12.5. The number of allylic oxidation sites excluding steroid dienone is 1. The number of aryl methyl sites for hydroxylation is 1. The highest BCUT2D eigenvalue weighted by Gasteiger charge is 2.38. The molecule has 2 aliphatic heterocycles. The Balaban J connectivity index is 1.86. The van der Waals surface area contributed by atoms with Crippen molar-refractivity contribution in [2.24, 2.45) is 0 Å².